The summed E-state index contributed by atoms with van der Waals surface area (Å²) in [6.45, 7) is 0.557. The number of hydrazine groups is 1. The molecule has 0 radical (unpaired) electrons. The standard InChI is InChI=1S/C13H15N5O/c14-18-12-4-3-11(9-17-12)13(19)16-7-5-10-2-1-6-15-8-10/h1-4,6,8-9H,5,7,14H2,(H,16,19)(H,17,18). The average Bonchev–Trinajstić information content (AvgIpc) is 2.48. The lowest BCUT2D eigenvalue weighted by Crippen LogP contribution is -2.25. The minimum absolute atomic E-state index is 0.153. The molecule has 1 amide bonds. The summed E-state index contributed by atoms with van der Waals surface area (Å²) in [5.74, 6) is 5.57. The fourth-order valence-electron chi connectivity index (χ4n) is 1.58. The molecule has 6 nitrogen and oxygen atoms in total. The van der Waals surface area contributed by atoms with Crippen molar-refractivity contribution in [3.8, 4) is 0 Å². The molecule has 2 heterocycles. The van der Waals surface area contributed by atoms with E-state index in [1.54, 1.807) is 24.5 Å². The van der Waals surface area contributed by atoms with Crippen molar-refractivity contribution in [2.45, 2.75) is 6.42 Å². The number of nitrogens with one attached hydrogen (secondary N) is 2. The number of carbonyl (C=O) groups excluding carboxylic acids is 1. The van der Waals surface area contributed by atoms with Crippen LogP contribution in [0.2, 0.25) is 0 Å². The van der Waals surface area contributed by atoms with Crippen LogP contribution in [0.1, 0.15) is 15.9 Å². The smallest absolute Gasteiger partial charge is 0.252 e. The average molecular weight is 257 g/mol. The molecule has 0 saturated carbocycles. The van der Waals surface area contributed by atoms with Gasteiger partial charge in [0.1, 0.15) is 5.82 Å². The largest absolute Gasteiger partial charge is 0.352 e. The maximum atomic E-state index is 11.8. The molecule has 0 saturated heterocycles. The first-order valence-corrected chi connectivity index (χ1v) is 5.89. The van der Waals surface area contributed by atoms with Crippen molar-refractivity contribution in [3.63, 3.8) is 0 Å². The van der Waals surface area contributed by atoms with Gasteiger partial charge in [-0.3, -0.25) is 9.78 Å². The van der Waals surface area contributed by atoms with E-state index in [4.69, 9.17) is 5.84 Å². The monoisotopic (exact) mass is 257 g/mol. The summed E-state index contributed by atoms with van der Waals surface area (Å²) in [7, 11) is 0. The van der Waals surface area contributed by atoms with Gasteiger partial charge in [0.05, 0.1) is 5.56 Å². The molecular weight excluding hydrogens is 242 g/mol. The minimum atomic E-state index is -0.153. The van der Waals surface area contributed by atoms with E-state index in [2.05, 4.69) is 20.7 Å². The molecule has 0 bridgehead atoms. The van der Waals surface area contributed by atoms with Crippen molar-refractivity contribution >= 4 is 11.7 Å². The van der Waals surface area contributed by atoms with Crippen LogP contribution in [0.25, 0.3) is 0 Å². The number of rotatable bonds is 5. The van der Waals surface area contributed by atoms with E-state index in [0.29, 0.717) is 17.9 Å². The Morgan fingerprint density at radius 2 is 2.16 bits per heavy atom. The van der Waals surface area contributed by atoms with Crippen LogP contribution >= 0.6 is 0 Å². The Morgan fingerprint density at radius 1 is 1.26 bits per heavy atom. The molecular formula is C13H15N5O. The molecule has 2 rings (SSSR count). The second-order valence-electron chi connectivity index (χ2n) is 3.94. The first-order chi connectivity index (χ1) is 9.29. The molecule has 0 fully saturated rings. The van der Waals surface area contributed by atoms with Gasteiger partial charge in [0.25, 0.3) is 5.91 Å². The summed E-state index contributed by atoms with van der Waals surface area (Å²) in [5, 5.41) is 2.83. The number of amides is 1. The van der Waals surface area contributed by atoms with Crippen molar-refractivity contribution in [2.75, 3.05) is 12.0 Å². The van der Waals surface area contributed by atoms with E-state index >= 15 is 0 Å². The predicted octanol–water partition coefficient (Wildman–Crippen LogP) is 0.735. The van der Waals surface area contributed by atoms with E-state index in [9.17, 15) is 4.79 Å². The molecule has 0 aliphatic heterocycles. The molecule has 0 aliphatic rings. The second-order valence-corrected chi connectivity index (χ2v) is 3.94. The van der Waals surface area contributed by atoms with Gasteiger partial charge in [0.2, 0.25) is 0 Å². The number of pyridine rings is 2. The number of nitrogen functional groups attached to an aromatic ring is 1. The molecule has 2 aromatic rings. The molecule has 4 N–H and O–H groups in total. The van der Waals surface area contributed by atoms with Crippen LogP contribution in [0.5, 0.6) is 0 Å². The summed E-state index contributed by atoms with van der Waals surface area (Å²) in [6, 6.07) is 7.17. The highest BCUT2D eigenvalue weighted by Crippen LogP contribution is 2.03. The third-order valence-electron chi connectivity index (χ3n) is 2.60. The molecule has 6 heteroatoms. The van der Waals surface area contributed by atoms with Gasteiger partial charge in [-0.05, 0) is 30.2 Å². The summed E-state index contributed by atoms with van der Waals surface area (Å²) >= 11 is 0. The molecule has 19 heavy (non-hydrogen) atoms. The molecule has 0 spiro atoms. The van der Waals surface area contributed by atoms with Crippen LogP contribution in [-0.4, -0.2) is 22.4 Å². The Bertz CT molecular complexity index is 526. The summed E-state index contributed by atoms with van der Waals surface area (Å²) in [5.41, 5.74) is 4.00. The highest BCUT2D eigenvalue weighted by molar-refractivity contribution is 5.94. The third-order valence-corrected chi connectivity index (χ3v) is 2.60. The Hall–Kier alpha value is -2.47. The fourth-order valence-corrected chi connectivity index (χ4v) is 1.58. The zero-order valence-corrected chi connectivity index (χ0v) is 10.3. The molecule has 0 unspecified atom stereocenters. The van der Waals surface area contributed by atoms with E-state index in [1.165, 1.54) is 6.20 Å². The van der Waals surface area contributed by atoms with Gasteiger partial charge in [-0.25, -0.2) is 10.8 Å². The second kappa shape index (κ2) is 6.46. The van der Waals surface area contributed by atoms with Gasteiger partial charge in [-0.15, -0.1) is 0 Å². The maximum Gasteiger partial charge on any atom is 0.252 e. The van der Waals surface area contributed by atoms with E-state index in [1.807, 2.05) is 12.1 Å². The Balaban J connectivity index is 1.84. The molecule has 2 aromatic heterocycles. The lowest BCUT2D eigenvalue weighted by Gasteiger charge is -2.05. The quantitative estimate of drug-likeness (QED) is 0.542. The van der Waals surface area contributed by atoms with Gasteiger partial charge in [-0.2, -0.15) is 0 Å². The summed E-state index contributed by atoms with van der Waals surface area (Å²) in [6.07, 6.45) is 5.74. The third kappa shape index (κ3) is 3.75. The molecule has 0 atom stereocenters. The predicted molar refractivity (Wildman–Crippen MR) is 72.3 cm³/mol. The number of nitrogens with two attached hydrogens (primary N) is 1. The summed E-state index contributed by atoms with van der Waals surface area (Å²) in [4.78, 5) is 19.8. The number of anilines is 1. The molecule has 0 aliphatic carbocycles. The van der Waals surface area contributed by atoms with E-state index < -0.39 is 0 Å². The number of aromatic nitrogens is 2. The molecule has 98 valence electrons. The van der Waals surface area contributed by atoms with Gasteiger partial charge in [0, 0.05) is 25.1 Å². The number of hydrogen-bond donors (Lipinski definition) is 3. The first-order valence-electron chi connectivity index (χ1n) is 5.89. The lowest BCUT2D eigenvalue weighted by atomic mass is 10.2. The number of carbonyl (C=O) groups is 1. The number of hydrogen-bond acceptors (Lipinski definition) is 5. The highest BCUT2D eigenvalue weighted by Gasteiger charge is 2.05. The first kappa shape index (κ1) is 13.0. The Kier molecular flexibility index (Phi) is 4.41. The van der Waals surface area contributed by atoms with Crippen molar-refractivity contribution in [2.24, 2.45) is 5.84 Å². The maximum absolute atomic E-state index is 11.8. The fraction of sp³-hybridized carbons (Fsp3) is 0.154. The van der Waals surface area contributed by atoms with Crippen LogP contribution in [0.15, 0.2) is 42.9 Å². The van der Waals surface area contributed by atoms with Gasteiger partial charge in [-0.1, -0.05) is 6.07 Å². The minimum Gasteiger partial charge on any atom is -0.352 e. The topological polar surface area (TPSA) is 92.9 Å². The highest BCUT2D eigenvalue weighted by atomic mass is 16.1. The lowest BCUT2D eigenvalue weighted by molar-refractivity contribution is 0.0954. The van der Waals surface area contributed by atoms with Crippen LogP contribution < -0.4 is 16.6 Å². The SMILES string of the molecule is NNc1ccc(C(=O)NCCc2cccnc2)cn1. The molecule has 0 aromatic carbocycles. The zero-order valence-electron chi connectivity index (χ0n) is 10.3. The van der Waals surface area contributed by atoms with Gasteiger partial charge < -0.3 is 10.7 Å². The van der Waals surface area contributed by atoms with E-state index in [0.717, 1.165) is 12.0 Å². The Labute approximate surface area is 111 Å². The van der Waals surface area contributed by atoms with Crippen molar-refractivity contribution in [1.29, 1.82) is 0 Å². The van der Waals surface area contributed by atoms with Gasteiger partial charge in [0.15, 0.2) is 0 Å². The Morgan fingerprint density at radius 3 is 2.79 bits per heavy atom. The van der Waals surface area contributed by atoms with Crippen LogP contribution in [0, 0.1) is 0 Å². The van der Waals surface area contributed by atoms with Crippen molar-refractivity contribution in [3.05, 3.63) is 54.0 Å². The summed E-state index contributed by atoms with van der Waals surface area (Å²) < 4.78 is 0. The van der Waals surface area contributed by atoms with Crippen LogP contribution in [-0.2, 0) is 6.42 Å². The van der Waals surface area contributed by atoms with Gasteiger partial charge >= 0.3 is 0 Å². The van der Waals surface area contributed by atoms with E-state index in [-0.39, 0.29) is 5.91 Å². The van der Waals surface area contributed by atoms with Crippen molar-refractivity contribution < 1.29 is 4.79 Å². The van der Waals surface area contributed by atoms with Crippen molar-refractivity contribution in [1.82, 2.24) is 15.3 Å². The van der Waals surface area contributed by atoms with Crippen LogP contribution in [0.3, 0.4) is 0 Å². The zero-order chi connectivity index (χ0) is 13.5. The normalized spacial score (nSPS) is 9.95. The van der Waals surface area contributed by atoms with Crippen LogP contribution in [0.4, 0.5) is 5.82 Å². The number of nitrogens with zero attached hydrogens (tertiary/aromatic N) is 2.